The molecule has 136 valence electrons. The molecule has 0 unspecified atom stereocenters. The zero-order valence-electron chi connectivity index (χ0n) is 14.7. The Morgan fingerprint density at radius 1 is 1.04 bits per heavy atom. The number of allylic oxidation sites excluding steroid dienone is 2. The van der Waals surface area contributed by atoms with Crippen molar-refractivity contribution in [2.75, 3.05) is 13.1 Å². The van der Waals surface area contributed by atoms with E-state index in [1.165, 1.54) is 4.90 Å². The molecule has 1 aromatic carbocycles. The lowest BCUT2D eigenvalue weighted by Crippen LogP contribution is -2.64. The van der Waals surface area contributed by atoms with Crippen LogP contribution in [0.1, 0.15) is 19.8 Å². The van der Waals surface area contributed by atoms with Crippen molar-refractivity contribution in [3.63, 3.8) is 0 Å². The minimum absolute atomic E-state index is 0.0740. The molecule has 0 aromatic heterocycles. The first-order valence-corrected chi connectivity index (χ1v) is 9.08. The van der Waals surface area contributed by atoms with Gasteiger partial charge in [0.1, 0.15) is 5.75 Å². The third-order valence-corrected chi connectivity index (χ3v) is 5.48. The van der Waals surface area contributed by atoms with E-state index in [0.717, 1.165) is 0 Å². The van der Waals surface area contributed by atoms with Gasteiger partial charge < -0.3 is 9.64 Å². The number of carbonyl (C=O) groups is 3. The van der Waals surface area contributed by atoms with Crippen molar-refractivity contribution in [3.8, 4) is 5.75 Å². The Bertz CT molecular complexity index is 728. The molecule has 3 atom stereocenters. The Morgan fingerprint density at radius 2 is 1.62 bits per heavy atom. The van der Waals surface area contributed by atoms with E-state index in [4.69, 9.17) is 4.74 Å². The van der Waals surface area contributed by atoms with Crippen LogP contribution in [0, 0.1) is 11.8 Å². The third kappa shape index (κ3) is 2.79. The molecule has 2 aliphatic heterocycles. The molecule has 26 heavy (non-hydrogen) atoms. The van der Waals surface area contributed by atoms with E-state index in [9.17, 15) is 14.4 Å². The van der Waals surface area contributed by atoms with Gasteiger partial charge in [-0.2, -0.15) is 0 Å². The van der Waals surface area contributed by atoms with Crippen LogP contribution in [0.15, 0.2) is 42.5 Å². The van der Waals surface area contributed by atoms with Crippen LogP contribution < -0.4 is 4.74 Å². The van der Waals surface area contributed by atoms with Gasteiger partial charge in [0, 0.05) is 13.1 Å². The van der Waals surface area contributed by atoms with Crippen molar-refractivity contribution in [2.24, 2.45) is 11.8 Å². The summed E-state index contributed by atoms with van der Waals surface area (Å²) in [5.74, 6) is -0.0459. The number of amides is 3. The van der Waals surface area contributed by atoms with Crippen molar-refractivity contribution in [1.82, 2.24) is 9.80 Å². The molecule has 4 rings (SSSR count). The van der Waals surface area contributed by atoms with Gasteiger partial charge in [0.15, 0.2) is 6.10 Å². The highest BCUT2D eigenvalue weighted by molar-refractivity contribution is 6.06. The molecule has 0 radical (unpaired) electrons. The summed E-state index contributed by atoms with van der Waals surface area (Å²) in [4.78, 5) is 40.7. The summed E-state index contributed by atoms with van der Waals surface area (Å²) >= 11 is 0. The Kier molecular flexibility index (Phi) is 4.26. The number of nitrogens with zero attached hydrogens (tertiary/aromatic N) is 2. The molecule has 3 amide bonds. The number of hydrogen-bond acceptors (Lipinski definition) is 4. The standard InChI is InChI=1S/C20H22N2O4/c1-13(26-15-7-3-2-4-8-15)18(23)21-11-14(12-21)22-19(24)16-9-5-6-10-17(16)20(22)25/h2-8,13-14,16-17H,9-12H2,1H3/t13-,16+,17+/m0/s1. The highest BCUT2D eigenvalue weighted by Crippen LogP contribution is 2.37. The Labute approximate surface area is 152 Å². The maximum Gasteiger partial charge on any atom is 0.263 e. The minimum atomic E-state index is -0.602. The summed E-state index contributed by atoms with van der Waals surface area (Å²) < 4.78 is 5.67. The van der Waals surface area contributed by atoms with Gasteiger partial charge in [0.25, 0.3) is 5.91 Å². The molecule has 3 aliphatic rings. The molecule has 1 aliphatic carbocycles. The maximum atomic E-state index is 12.6. The topological polar surface area (TPSA) is 66.9 Å². The van der Waals surface area contributed by atoms with Crippen molar-refractivity contribution in [2.45, 2.75) is 31.9 Å². The highest BCUT2D eigenvalue weighted by Gasteiger charge is 2.52. The number of benzene rings is 1. The Balaban J connectivity index is 1.34. The molecule has 2 fully saturated rings. The largest absolute Gasteiger partial charge is 0.481 e. The predicted molar refractivity (Wildman–Crippen MR) is 94.1 cm³/mol. The molecule has 0 bridgehead atoms. The van der Waals surface area contributed by atoms with Crippen molar-refractivity contribution in [3.05, 3.63) is 42.5 Å². The van der Waals surface area contributed by atoms with Crippen LogP contribution >= 0.6 is 0 Å². The van der Waals surface area contributed by atoms with E-state index in [2.05, 4.69) is 0 Å². The lowest BCUT2D eigenvalue weighted by atomic mass is 9.85. The first-order chi connectivity index (χ1) is 12.6. The van der Waals surface area contributed by atoms with E-state index in [1.807, 2.05) is 30.4 Å². The van der Waals surface area contributed by atoms with Gasteiger partial charge in [-0.05, 0) is 31.9 Å². The summed E-state index contributed by atoms with van der Waals surface area (Å²) in [5, 5.41) is 0. The average Bonchev–Trinajstić information content (AvgIpc) is 2.87. The summed E-state index contributed by atoms with van der Waals surface area (Å²) in [7, 11) is 0. The number of fused-ring (bicyclic) bond motifs is 1. The van der Waals surface area contributed by atoms with E-state index in [-0.39, 0.29) is 35.6 Å². The number of hydrogen-bond donors (Lipinski definition) is 0. The smallest absolute Gasteiger partial charge is 0.263 e. The van der Waals surface area contributed by atoms with Gasteiger partial charge in [-0.25, -0.2) is 0 Å². The molecular weight excluding hydrogens is 332 g/mol. The normalized spacial score (nSPS) is 26.5. The summed E-state index contributed by atoms with van der Waals surface area (Å²) in [6.45, 7) is 2.51. The van der Waals surface area contributed by atoms with E-state index in [1.54, 1.807) is 24.0 Å². The fourth-order valence-electron chi connectivity index (χ4n) is 4.00. The number of likely N-dealkylation sites (tertiary alicyclic amines) is 2. The second-order valence-corrected chi connectivity index (χ2v) is 7.17. The first-order valence-electron chi connectivity index (χ1n) is 9.08. The third-order valence-electron chi connectivity index (χ3n) is 5.48. The van der Waals surface area contributed by atoms with E-state index < -0.39 is 6.10 Å². The van der Waals surface area contributed by atoms with Gasteiger partial charge in [-0.3, -0.25) is 19.3 Å². The van der Waals surface area contributed by atoms with Crippen molar-refractivity contribution >= 4 is 17.7 Å². The molecule has 0 N–H and O–H groups in total. The monoisotopic (exact) mass is 354 g/mol. The second kappa shape index (κ2) is 6.59. The zero-order valence-corrected chi connectivity index (χ0v) is 14.7. The summed E-state index contributed by atoms with van der Waals surface area (Å²) in [6, 6.07) is 9.00. The van der Waals surface area contributed by atoms with Gasteiger partial charge in [0.05, 0.1) is 17.9 Å². The number of para-hydroxylation sites is 1. The number of imide groups is 1. The SMILES string of the molecule is C[C@H](Oc1ccccc1)C(=O)N1CC(N2C(=O)[C@@H]3CC=CC[C@H]3C2=O)C1. The van der Waals surface area contributed by atoms with Gasteiger partial charge in [0.2, 0.25) is 11.8 Å². The van der Waals surface area contributed by atoms with E-state index in [0.29, 0.717) is 31.7 Å². The average molecular weight is 354 g/mol. The fourth-order valence-corrected chi connectivity index (χ4v) is 4.00. The maximum absolute atomic E-state index is 12.6. The zero-order chi connectivity index (χ0) is 18.3. The van der Waals surface area contributed by atoms with Crippen LogP contribution in [0.25, 0.3) is 0 Å². The molecule has 6 nitrogen and oxygen atoms in total. The van der Waals surface area contributed by atoms with Crippen molar-refractivity contribution < 1.29 is 19.1 Å². The molecular formula is C20H22N2O4. The lowest BCUT2D eigenvalue weighted by Gasteiger charge is -2.43. The predicted octanol–water partition coefficient (Wildman–Crippen LogP) is 1.62. The summed E-state index contributed by atoms with van der Waals surface area (Å²) in [5.41, 5.74) is 0. The molecule has 2 saturated heterocycles. The summed E-state index contributed by atoms with van der Waals surface area (Å²) in [6.07, 6.45) is 4.64. The number of ether oxygens (including phenoxy) is 1. The second-order valence-electron chi connectivity index (χ2n) is 7.17. The molecule has 2 heterocycles. The highest BCUT2D eigenvalue weighted by atomic mass is 16.5. The lowest BCUT2D eigenvalue weighted by molar-refractivity contribution is -0.155. The fraction of sp³-hybridized carbons (Fsp3) is 0.450. The molecule has 0 spiro atoms. The van der Waals surface area contributed by atoms with Crippen LogP contribution in [-0.4, -0.2) is 52.8 Å². The first kappa shape index (κ1) is 16.8. The van der Waals surface area contributed by atoms with E-state index >= 15 is 0 Å². The number of carbonyl (C=O) groups excluding carboxylic acids is 3. The van der Waals surface area contributed by atoms with Gasteiger partial charge >= 0.3 is 0 Å². The Morgan fingerprint density at radius 3 is 2.19 bits per heavy atom. The molecule has 6 heteroatoms. The molecule has 1 aromatic rings. The molecule has 0 saturated carbocycles. The van der Waals surface area contributed by atoms with Gasteiger partial charge in [-0.15, -0.1) is 0 Å². The Hall–Kier alpha value is -2.63. The van der Waals surface area contributed by atoms with Crippen LogP contribution in [0.2, 0.25) is 0 Å². The van der Waals surface area contributed by atoms with Gasteiger partial charge in [-0.1, -0.05) is 30.4 Å². The minimum Gasteiger partial charge on any atom is -0.481 e. The van der Waals surface area contributed by atoms with Crippen LogP contribution in [0.3, 0.4) is 0 Å². The van der Waals surface area contributed by atoms with Crippen LogP contribution in [0.5, 0.6) is 5.75 Å². The van der Waals surface area contributed by atoms with Crippen molar-refractivity contribution in [1.29, 1.82) is 0 Å². The number of rotatable bonds is 4. The quantitative estimate of drug-likeness (QED) is 0.609. The van der Waals surface area contributed by atoms with Crippen LogP contribution in [0.4, 0.5) is 0 Å². The van der Waals surface area contributed by atoms with Crippen LogP contribution in [-0.2, 0) is 14.4 Å².